The molecule has 0 amide bonds. The van der Waals surface area contributed by atoms with E-state index < -0.39 is 16.0 Å². The lowest BCUT2D eigenvalue weighted by atomic mass is 10.2. The smallest absolute Gasteiger partial charge is 0.337 e. The largest absolute Gasteiger partial charge is 0.478 e. The number of unbranched alkanes of at least 4 members (excludes halogenated alkanes) is 2. The average Bonchev–Trinajstić information content (AvgIpc) is 2.37. The second-order valence-corrected chi connectivity index (χ2v) is 6.80. The summed E-state index contributed by atoms with van der Waals surface area (Å²) in [5, 5.41) is 17.3. The molecule has 0 radical (unpaired) electrons. The summed E-state index contributed by atoms with van der Waals surface area (Å²) in [4.78, 5) is 10.7. The zero-order valence-electron chi connectivity index (χ0n) is 11.0. The van der Waals surface area contributed by atoms with Crippen LogP contribution in [0.4, 0.5) is 0 Å². The number of carboxylic acid groups (broad SMARTS) is 1. The predicted octanol–water partition coefficient (Wildman–Crippen LogP) is 2.13. The average molecular weight is 356 g/mol. The number of rotatable bonds is 8. The van der Waals surface area contributed by atoms with E-state index in [-0.39, 0.29) is 33.7 Å². The van der Waals surface area contributed by atoms with Gasteiger partial charge >= 0.3 is 5.97 Å². The summed E-state index contributed by atoms with van der Waals surface area (Å²) in [6.07, 6.45) is 1.82. The highest BCUT2D eigenvalue weighted by Crippen LogP contribution is 2.28. The molecule has 6 nitrogen and oxygen atoms in total. The molecular formula is C12H15Cl2NO5S. The molecule has 1 aromatic rings. The first kappa shape index (κ1) is 18.2. The van der Waals surface area contributed by atoms with Crippen LogP contribution in [0.1, 0.15) is 29.6 Å². The van der Waals surface area contributed by atoms with Crippen LogP contribution in [-0.2, 0) is 10.0 Å². The van der Waals surface area contributed by atoms with Crippen LogP contribution in [0.3, 0.4) is 0 Å². The number of aliphatic hydroxyl groups excluding tert-OH is 1. The highest BCUT2D eigenvalue weighted by molar-refractivity contribution is 7.89. The van der Waals surface area contributed by atoms with Crippen LogP contribution >= 0.6 is 23.2 Å². The van der Waals surface area contributed by atoms with E-state index in [1.165, 1.54) is 0 Å². The summed E-state index contributed by atoms with van der Waals surface area (Å²) >= 11 is 11.5. The molecule has 9 heteroatoms. The van der Waals surface area contributed by atoms with Gasteiger partial charge in [-0.05, 0) is 31.4 Å². The third kappa shape index (κ3) is 5.12. The molecule has 0 unspecified atom stereocenters. The number of aliphatic hydroxyl groups is 1. The third-order valence-corrected chi connectivity index (χ3v) is 4.91. The van der Waals surface area contributed by atoms with Gasteiger partial charge in [0.1, 0.15) is 4.90 Å². The maximum Gasteiger partial charge on any atom is 0.337 e. The van der Waals surface area contributed by atoms with Gasteiger partial charge in [-0.1, -0.05) is 23.2 Å². The molecule has 0 aliphatic heterocycles. The topological polar surface area (TPSA) is 104 Å². The first-order valence-corrected chi connectivity index (χ1v) is 8.36. The van der Waals surface area contributed by atoms with Gasteiger partial charge in [0.15, 0.2) is 0 Å². The van der Waals surface area contributed by atoms with Gasteiger partial charge in [-0.2, -0.15) is 0 Å². The highest BCUT2D eigenvalue weighted by Gasteiger charge is 2.22. The maximum absolute atomic E-state index is 12.1. The molecule has 0 spiro atoms. The summed E-state index contributed by atoms with van der Waals surface area (Å²) in [6.45, 7) is 0.224. The van der Waals surface area contributed by atoms with Crippen molar-refractivity contribution in [2.75, 3.05) is 13.2 Å². The molecule has 0 bridgehead atoms. The van der Waals surface area contributed by atoms with Gasteiger partial charge in [-0.15, -0.1) is 0 Å². The zero-order valence-corrected chi connectivity index (χ0v) is 13.3. The predicted molar refractivity (Wildman–Crippen MR) is 79.5 cm³/mol. The van der Waals surface area contributed by atoms with Crippen molar-refractivity contribution in [3.8, 4) is 0 Å². The van der Waals surface area contributed by atoms with Crippen molar-refractivity contribution < 1.29 is 23.4 Å². The van der Waals surface area contributed by atoms with Crippen LogP contribution in [0.15, 0.2) is 17.0 Å². The minimum Gasteiger partial charge on any atom is -0.478 e. The molecule has 0 atom stereocenters. The minimum atomic E-state index is -3.92. The van der Waals surface area contributed by atoms with E-state index in [1.807, 2.05) is 0 Å². The Bertz CT molecular complexity index is 618. The Morgan fingerprint density at radius 3 is 2.38 bits per heavy atom. The molecule has 0 aliphatic carbocycles. The molecular weight excluding hydrogens is 341 g/mol. The fourth-order valence-electron chi connectivity index (χ4n) is 1.60. The number of halogens is 2. The lowest BCUT2D eigenvalue weighted by Gasteiger charge is -2.10. The van der Waals surface area contributed by atoms with Crippen LogP contribution in [0.2, 0.25) is 10.0 Å². The lowest BCUT2D eigenvalue weighted by Crippen LogP contribution is -2.25. The van der Waals surface area contributed by atoms with E-state index in [1.54, 1.807) is 0 Å². The Morgan fingerprint density at radius 2 is 1.81 bits per heavy atom. The number of hydrogen-bond acceptors (Lipinski definition) is 4. The summed E-state index contributed by atoms with van der Waals surface area (Å²) < 4.78 is 26.5. The molecule has 118 valence electrons. The molecule has 1 aromatic carbocycles. The molecule has 21 heavy (non-hydrogen) atoms. The molecule has 0 aliphatic rings. The van der Waals surface area contributed by atoms with Crippen LogP contribution in [0.25, 0.3) is 0 Å². The van der Waals surface area contributed by atoms with Crippen molar-refractivity contribution in [1.82, 2.24) is 4.72 Å². The van der Waals surface area contributed by atoms with Crippen LogP contribution < -0.4 is 4.72 Å². The second-order valence-electron chi connectivity index (χ2n) is 4.25. The molecule has 0 saturated heterocycles. The monoisotopic (exact) mass is 355 g/mol. The first-order valence-electron chi connectivity index (χ1n) is 6.12. The number of carbonyl (C=O) groups is 1. The van der Waals surface area contributed by atoms with E-state index in [0.29, 0.717) is 19.3 Å². The van der Waals surface area contributed by atoms with Crippen molar-refractivity contribution in [1.29, 1.82) is 0 Å². The Labute approximate surface area is 132 Å². The van der Waals surface area contributed by atoms with E-state index in [9.17, 15) is 13.2 Å². The van der Waals surface area contributed by atoms with Crippen molar-refractivity contribution in [2.24, 2.45) is 0 Å². The number of nitrogens with one attached hydrogen (secondary N) is 1. The number of benzene rings is 1. The number of aromatic carboxylic acids is 1. The summed E-state index contributed by atoms with van der Waals surface area (Å²) in [5.74, 6) is -1.34. The molecule has 0 aromatic heterocycles. The van der Waals surface area contributed by atoms with Crippen molar-refractivity contribution in [3.63, 3.8) is 0 Å². The quantitative estimate of drug-likeness (QED) is 0.619. The fraction of sp³-hybridized carbons (Fsp3) is 0.417. The summed E-state index contributed by atoms with van der Waals surface area (Å²) in [5.41, 5.74) is -0.332. The van der Waals surface area contributed by atoms with Crippen LogP contribution in [0.5, 0.6) is 0 Å². The number of sulfonamides is 1. The Kier molecular flexibility index (Phi) is 6.89. The molecule has 0 saturated carbocycles. The van der Waals surface area contributed by atoms with Gasteiger partial charge in [-0.25, -0.2) is 17.9 Å². The van der Waals surface area contributed by atoms with Gasteiger partial charge in [0.25, 0.3) is 0 Å². The van der Waals surface area contributed by atoms with E-state index in [2.05, 4.69) is 4.72 Å². The Balaban J connectivity index is 2.92. The summed E-state index contributed by atoms with van der Waals surface area (Å²) in [6, 6.07) is 2.02. The van der Waals surface area contributed by atoms with Gasteiger partial charge in [0, 0.05) is 13.2 Å². The Morgan fingerprint density at radius 1 is 1.14 bits per heavy atom. The Hall–Kier alpha value is -0.860. The van der Waals surface area contributed by atoms with Crippen LogP contribution in [0, 0.1) is 0 Å². The van der Waals surface area contributed by atoms with Crippen molar-refractivity contribution in [3.05, 3.63) is 27.7 Å². The van der Waals surface area contributed by atoms with Crippen LogP contribution in [-0.4, -0.2) is 37.8 Å². The van der Waals surface area contributed by atoms with Gasteiger partial charge < -0.3 is 10.2 Å². The van der Waals surface area contributed by atoms with E-state index in [4.69, 9.17) is 33.4 Å². The highest BCUT2D eigenvalue weighted by atomic mass is 35.5. The second kappa shape index (κ2) is 7.95. The fourth-order valence-corrected chi connectivity index (χ4v) is 3.52. The van der Waals surface area contributed by atoms with Gasteiger partial charge in [0.2, 0.25) is 10.0 Å². The molecule has 1 rings (SSSR count). The normalized spacial score (nSPS) is 11.6. The summed E-state index contributed by atoms with van der Waals surface area (Å²) in [7, 11) is -3.92. The molecule has 3 N–H and O–H groups in total. The van der Waals surface area contributed by atoms with Crippen molar-refractivity contribution >= 4 is 39.2 Å². The van der Waals surface area contributed by atoms with Gasteiger partial charge in [-0.3, -0.25) is 0 Å². The molecule has 0 heterocycles. The number of carboxylic acids is 1. The molecule has 0 fully saturated rings. The standard InChI is InChI=1S/C12H15Cl2NO5S/c13-9-7-10(14)11(6-8(9)12(17)18)21(19,20)15-4-2-1-3-5-16/h6-7,15-16H,1-5H2,(H,17,18). The van der Waals surface area contributed by atoms with E-state index in [0.717, 1.165) is 12.1 Å². The minimum absolute atomic E-state index is 0.0533. The third-order valence-electron chi connectivity index (χ3n) is 2.67. The SMILES string of the molecule is O=C(O)c1cc(S(=O)(=O)NCCCCCO)c(Cl)cc1Cl. The van der Waals surface area contributed by atoms with Gasteiger partial charge in [0.05, 0.1) is 15.6 Å². The lowest BCUT2D eigenvalue weighted by molar-refractivity contribution is 0.0697. The van der Waals surface area contributed by atoms with E-state index >= 15 is 0 Å². The first-order chi connectivity index (χ1) is 9.79. The maximum atomic E-state index is 12.1. The number of hydrogen-bond donors (Lipinski definition) is 3. The van der Waals surface area contributed by atoms with Crippen molar-refractivity contribution in [2.45, 2.75) is 24.2 Å². The zero-order chi connectivity index (χ0) is 16.0.